The molecule has 96 valence electrons. The van der Waals surface area contributed by atoms with Gasteiger partial charge in [-0.2, -0.15) is 0 Å². The number of imidazole rings is 1. The maximum absolute atomic E-state index is 11.1. The van der Waals surface area contributed by atoms with Crippen LogP contribution in [0.1, 0.15) is 31.4 Å². The van der Waals surface area contributed by atoms with Crippen LogP contribution in [0.2, 0.25) is 0 Å². The van der Waals surface area contributed by atoms with Crippen molar-refractivity contribution >= 4 is 17.0 Å². The summed E-state index contributed by atoms with van der Waals surface area (Å²) in [4.78, 5) is 15.4. The minimum Gasteiger partial charge on any atom is -0.481 e. The molecule has 0 saturated carbocycles. The third-order valence-electron chi connectivity index (χ3n) is 3.09. The van der Waals surface area contributed by atoms with Crippen LogP contribution in [0.4, 0.5) is 0 Å². The first kappa shape index (κ1) is 12.6. The maximum Gasteiger partial charge on any atom is 0.312 e. The van der Waals surface area contributed by atoms with E-state index in [9.17, 15) is 4.79 Å². The Balaban J connectivity index is 2.48. The van der Waals surface area contributed by atoms with Crippen LogP contribution in [0.5, 0.6) is 0 Å². The molecule has 2 aromatic rings. The van der Waals surface area contributed by atoms with E-state index in [0.717, 1.165) is 11.0 Å². The first-order valence-electron chi connectivity index (χ1n) is 5.94. The molecule has 0 spiro atoms. The fraction of sp³-hybridized carbons (Fsp3) is 0.385. The largest absolute Gasteiger partial charge is 0.481 e. The highest BCUT2D eigenvalue weighted by Gasteiger charge is 2.19. The number of hydrogen-bond donors (Lipinski definition) is 2. The summed E-state index contributed by atoms with van der Waals surface area (Å²) in [5, 5.41) is 9.09. The van der Waals surface area contributed by atoms with E-state index in [1.54, 1.807) is 12.4 Å². The molecule has 1 heterocycles. The summed E-state index contributed by atoms with van der Waals surface area (Å²) in [5.74, 6) is -1.57. The number of carboxylic acid groups (broad SMARTS) is 1. The van der Waals surface area contributed by atoms with Gasteiger partial charge in [-0.1, -0.05) is 6.07 Å². The molecule has 0 saturated heterocycles. The molecule has 0 aliphatic heterocycles. The summed E-state index contributed by atoms with van der Waals surface area (Å²) in [6.07, 6.45) is 1.78. The zero-order chi connectivity index (χ0) is 13.3. The van der Waals surface area contributed by atoms with Gasteiger partial charge in [-0.05, 0) is 31.5 Å². The van der Waals surface area contributed by atoms with Crippen molar-refractivity contribution in [1.29, 1.82) is 0 Å². The van der Waals surface area contributed by atoms with Gasteiger partial charge in [0.1, 0.15) is 0 Å². The van der Waals surface area contributed by atoms with E-state index in [-0.39, 0.29) is 6.54 Å². The Morgan fingerprint density at radius 3 is 2.78 bits per heavy atom. The Hall–Kier alpha value is -1.88. The van der Waals surface area contributed by atoms with Crippen molar-refractivity contribution in [2.45, 2.75) is 25.8 Å². The Labute approximate surface area is 105 Å². The van der Waals surface area contributed by atoms with Gasteiger partial charge in [0.25, 0.3) is 0 Å². The summed E-state index contributed by atoms with van der Waals surface area (Å²) in [6, 6.07) is 5.85. The molecule has 1 aromatic carbocycles. The van der Waals surface area contributed by atoms with E-state index in [1.165, 1.54) is 0 Å². The van der Waals surface area contributed by atoms with Gasteiger partial charge in [0, 0.05) is 12.6 Å². The molecule has 1 aromatic heterocycles. The van der Waals surface area contributed by atoms with Gasteiger partial charge < -0.3 is 15.4 Å². The second-order valence-electron chi connectivity index (χ2n) is 4.62. The fourth-order valence-corrected chi connectivity index (χ4v) is 2.06. The van der Waals surface area contributed by atoms with Gasteiger partial charge in [-0.25, -0.2) is 4.98 Å². The van der Waals surface area contributed by atoms with Crippen molar-refractivity contribution < 1.29 is 9.90 Å². The summed E-state index contributed by atoms with van der Waals surface area (Å²) >= 11 is 0. The predicted molar refractivity (Wildman–Crippen MR) is 69.5 cm³/mol. The highest BCUT2D eigenvalue weighted by Crippen LogP contribution is 2.22. The van der Waals surface area contributed by atoms with Crippen LogP contribution in [-0.4, -0.2) is 27.2 Å². The number of rotatable bonds is 4. The highest BCUT2D eigenvalue weighted by atomic mass is 16.4. The lowest BCUT2D eigenvalue weighted by Crippen LogP contribution is -2.21. The average molecular weight is 247 g/mol. The Kier molecular flexibility index (Phi) is 3.34. The number of nitrogens with two attached hydrogens (primary N) is 1. The smallest absolute Gasteiger partial charge is 0.312 e. The van der Waals surface area contributed by atoms with Crippen LogP contribution in [-0.2, 0) is 4.79 Å². The van der Waals surface area contributed by atoms with Crippen LogP contribution in [0.25, 0.3) is 11.0 Å². The van der Waals surface area contributed by atoms with Crippen molar-refractivity contribution in [1.82, 2.24) is 9.55 Å². The van der Waals surface area contributed by atoms with E-state index in [1.807, 2.05) is 12.1 Å². The van der Waals surface area contributed by atoms with Crippen LogP contribution in [0, 0.1) is 0 Å². The van der Waals surface area contributed by atoms with E-state index >= 15 is 0 Å². The number of hydrogen-bond acceptors (Lipinski definition) is 3. The standard InChI is InChI=1S/C13H17N3O2/c1-8(2)16-7-15-11-5-9(3-4-12(11)16)10(6-14)13(17)18/h3-5,7-8,10H,6,14H2,1-2H3,(H,17,18). The molecule has 0 bridgehead atoms. The lowest BCUT2D eigenvalue weighted by Gasteiger charge is -2.11. The highest BCUT2D eigenvalue weighted by molar-refractivity contribution is 5.81. The summed E-state index contributed by atoms with van der Waals surface area (Å²) in [5.41, 5.74) is 8.01. The van der Waals surface area contributed by atoms with Crippen LogP contribution in [0.3, 0.4) is 0 Å². The average Bonchev–Trinajstić information content (AvgIpc) is 2.72. The van der Waals surface area contributed by atoms with Gasteiger partial charge >= 0.3 is 5.97 Å². The molecule has 5 heteroatoms. The predicted octanol–water partition coefficient (Wildman–Crippen LogP) is 1.74. The van der Waals surface area contributed by atoms with Crippen molar-refractivity contribution in [2.75, 3.05) is 6.54 Å². The quantitative estimate of drug-likeness (QED) is 0.862. The minimum absolute atomic E-state index is 0.0890. The summed E-state index contributed by atoms with van der Waals surface area (Å²) in [7, 11) is 0. The molecule has 1 atom stereocenters. The Morgan fingerprint density at radius 2 is 2.22 bits per heavy atom. The SMILES string of the molecule is CC(C)n1cnc2cc(C(CN)C(=O)O)ccc21. The summed E-state index contributed by atoms with van der Waals surface area (Å²) in [6.45, 7) is 4.25. The molecule has 1 unspecified atom stereocenters. The molecule has 18 heavy (non-hydrogen) atoms. The maximum atomic E-state index is 11.1. The Bertz CT molecular complexity index is 575. The van der Waals surface area contributed by atoms with E-state index in [0.29, 0.717) is 11.6 Å². The fourth-order valence-electron chi connectivity index (χ4n) is 2.06. The molecular formula is C13H17N3O2. The monoisotopic (exact) mass is 247 g/mol. The molecule has 0 amide bonds. The molecule has 0 aliphatic carbocycles. The third-order valence-corrected chi connectivity index (χ3v) is 3.09. The van der Waals surface area contributed by atoms with Gasteiger partial charge in [0.2, 0.25) is 0 Å². The second kappa shape index (κ2) is 4.78. The topological polar surface area (TPSA) is 81.1 Å². The number of aliphatic carboxylic acids is 1. The normalized spacial score (nSPS) is 13.1. The zero-order valence-corrected chi connectivity index (χ0v) is 10.5. The number of carbonyl (C=O) groups is 1. The number of carboxylic acids is 1. The number of aromatic nitrogens is 2. The molecular weight excluding hydrogens is 230 g/mol. The zero-order valence-electron chi connectivity index (χ0n) is 10.5. The van der Waals surface area contributed by atoms with Crippen LogP contribution in [0.15, 0.2) is 24.5 Å². The lowest BCUT2D eigenvalue weighted by molar-refractivity contribution is -0.138. The van der Waals surface area contributed by atoms with Gasteiger partial charge in [-0.3, -0.25) is 4.79 Å². The van der Waals surface area contributed by atoms with E-state index < -0.39 is 11.9 Å². The molecule has 0 aliphatic rings. The number of benzene rings is 1. The van der Waals surface area contributed by atoms with Gasteiger partial charge in [-0.15, -0.1) is 0 Å². The van der Waals surface area contributed by atoms with E-state index in [4.69, 9.17) is 10.8 Å². The molecule has 3 N–H and O–H groups in total. The second-order valence-corrected chi connectivity index (χ2v) is 4.62. The van der Waals surface area contributed by atoms with Crippen LogP contribution >= 0.6 is 0 Å². The number of fused-ring (bicyclic) bond motifs is 1. The molecule has 0 fully saturated rings. The van der Waals surface area contributed by atoms with Crippen molar-refractivity contribution in [3.8, 4) is 0 Å². The molecule has 2 rings (SSSR count). The number of nitrogens with zero attached hydrogens (tertiary/aromatic N) is 2. The third kappa shape index (κ3) is 2.09. The van der Waals surface area contributed by atoms with Crippen molar-refractivity contribution in [2.24, 2.45) is 5.73 Å². The lowest BCUT2D eigenvalue weighted by atomic mass is 9.99. The Morgan fingerprint density at radius 1 is 1.50 bits per heavy atom. The minimum atomic E-state index is -0.903. The molecule has 0 radical (unpaired) electrons. The van der Waals surface area contributed by atoms with Crippen molar-refractivity contribution in [3.05, 3.63) is 30.1 Å². The molecule has 5 nitrogen and oxygen atoms in total. The first-order chi connectivity index (χ1) is 8.54. The van der Waals surface area contributed by atoms with Gasteiger partial charge in [0.15, 0.2) is 0 Å². The summed E-state index contributed by atoms with van der Waals surface area (Å²) < 4.78 is 2.05. The van der Waals surface area contributed by atoms with Crippen molar-refractivity contribution in [3.63, 3.8) is 0 Å². The van der Waals surface area contributed by atoms with Crippen LogP contribution < -0.4 is 5.73 Å². The van der Waals surface area contributed by atoms with Gasteiger partial charge in [0.05, 0.1) is 23.3 Å². The first-order valence-corrected chi connectivity index (χ1v) is 5.94. The van der Waals surface area contributed by atoms with E-state index in [2.05, 4.69) is 23.4 Å².